The number of rotatable bonds is 4. The van der Waals surface area contributed by atoms with Gasteiger partial charge < -0.3 is 20.2 Å². The zero-order chi connectivity index (χ0) is 20.1. The highest BCUT2D eigenvalue weighted by atomic mass is 32.1. The monoisotopic (exact) mass is 419 g/mol. The largest absolute Gasteiger partial charge is 0.359 e. The second kappa shape index (κ2) is 6.92. The van der Waals surface area contributed by atoms with E-state index in [9.17, 15) is 0 Å². The molecule has 0 atom stereocenters. The number of aromatic nitrogens is 7. The van der Waals surface area contributed by atoms with Crippen molar-refractivity contribution in [3.8, 4) is 22.6 Å². The number of nitrogens with zero attached hydrogens (tertiary/aromatic N) is 5. The van der Waals surface area contributed by atoms with Crippen LogP contribution in [0.1, 0.15) is 12.8 Å². The van der Waals surface area contributed by atoms with Crippen molar-refractivity contribution in [1.82, 2.24) is 40.4 Å². The van der Waals surface area contributed by atoms with Crippen LogP contribution >= 0.6 is 11.3 Å². The van der Waals surface area contributed by atoms with Gasteiger partial charge in [0.2, 0.25) is 0 Å². The zero-order valence-corrected chi connectivity index (χ0v) is 17.3. The molecule has 0 bridgehead atoms. The smallest absolute Gasteiger partial charge is 0.189 e. The highest BCUT2D eigenvalue weighted by molar-refractivity contribution is 7.21. The predicted octanol–water partition coefficient (Wildman–Crippen LogP) is 3.14. The third-order valence-electron chi connectivity index (χ3n) is 5.84. The minimum atomic E-state index is 0.525. The van der Waals surface area contributed by atoms with Gasteiger partial charge in [-0.15, -0.1) is 0 Å². The van der Waals surface area contributed by atoms with Crippen molar-refractivity contribution in [1.29, 1.82) is 0 Å². The van der Waals surface area contributed by atoms with Gasteiger partial charge in [0.25, 0.3) is 0 Å². The van der Waals surface area contributed by atoms with E-state index in [1.165, 1.54) is 0 Å². The van der Waals surface area contributed by atoms with Crippen LogP contribution in [0.4, 0.5) is 5.13 Å². The van der Waals surface area contributed by atoms with Crippen LogP contribution in [0.5, 0.6) is 0 Å². The molecule has 30 heavy (non-hydrogen) atoms. The highest BCUT2D eigenvalue weighted by Crippen LogP contribution is 2.34. The summed E-state index contributed by atoms with van der Waals surface area (Å²) in [6.07, 6.45) is 9.75. The standard InChI is InChI=1S/C20H21N9S/c1-29(12-2-5-21-6-3-12)20-28-18-19(30-20)27-17(26-18)16-15-13(4-7-22-15)14(10-23-16)11-8-24-25-9-11/h4,7-10,12,21-22H,2-3,5-6H2,1H3,(H,24,25)(H,26,27). The van der Waals surface area contributed by atoms with Crippen molar-refractivity contribution in [2.45, 2.75) is 18.9 Å². The maximum absolute atomic E-state index is 4.82. The molecule has 0 unspecified atom stereocenters. The highest BCUT2D eigenvalue weighted by Gasteiger charge is 2.22. The molecule has 0 radical (unpaired) electrons. The average Bonchev–Trinajstić information content (AvgIpc) is 3.56. The molecule has 5 aromatic heterocycles. The summed E-state index contributed by atoms with van der Waals surface area (Å²) in [5.74, 6) is 0.728. The molecule has 0 aromatic carbocycles. The van der Waals surface area contributed by atoms with Crippen molar-refractivity contribution in [3.63, 3.8) is 0 Å². The Morgan fingerprint density at radius 1 is 1.17 bits per heavy atom. The lowest BCUT2D eigenvalue weighted by molar-refractivity contribution is 0.443. The fraction of sp³-hybridized carbons (Fsp3) is 0.300. The van der Waals surface area contributed by atoms with Crippen LogP contribution in [0.25, 0.3) is 44.0 Å². The van der Waals surface area contributed by atoms with Gasteiger partial charge in [-0.05, 0) is 32.0 Å². The quantitative estimate of drug-likeness (QED) is 0.356. The number of H-pyrrole nitrogens is 3. The Hall–Kier alpha value is -3.24. The molecule has 0 spiro atoms. The summed E-state index contributed by atoms with van der Waals surface area (Å²) in [6.45, 7) is 2.13. The van der Waals surface area contributed by atoms with Gasteiger partial charge in [0.05, 0.1) is 11.7 Å². The fourth-order valence-corrected chi connectivity index (χ4v) is 5.11. The van der Waals surface area contributed by atoms with Crippen molar-refractivity contribution < 1.29 is 0 Å². The molecule has 0 amide bonds. The number of hydrogen-bond donors (Lipinski definition) is 4. The first-order chi connectivity index (χ1) is 14.8. The maximum Gasteiger partial charge on any atom is 0.189 e. The third kappa shape index (κ3) is 2.79. The molecule has 6 heterocycles. The van der Waals surface area contributed by atoms with Gasteiger partial charge in [0, 0.05) is 48.2 Å². The van der Waals surface area contributed by atoms with Crippen LogP contribution in [-0.2, 0) is 0 Å². The van der Waals surface area contributed by atoms with Crippen LogP contribution < -0.4 is 10.2 Å². The minimum absolute atomic E-state index is 0.525. The van der Waals surface area contributed by atoms with E-state index in [4.69, 9.17) is 15.0 Å². The first-order valence-electron chi connectivity index (χ1n) is 10.0. The van der Waals surface area contributed by atoms with E-state index in [1.54, 1.807) is 17.5 Å². The summed E-state index contributed by atoms with van der Waals surface area (Å²) in [5.41, 5.74) is 4.58. The molecule has 5 aromatic rings. The Kier molecular flexibility index (Phi) is 4.06. The number of fused-ring (bicyclic) bond motifs is 2. The Balaban J connectivity index is 1.36. The average molecular weight is 420 g/mol. The number of pyridine rings is 1. The van der Waals surface area contributed by atoms with Gasteiger partial charge in [0.1, 0.15) is 5.69 Å². The number of anilines is 1. The Bertz CT molecular complexity index is 1280. The van der Waals surface area contributed by atoms with E-state index in [-0.39, 0.29) is 0 Å². The molecule has 10 heteroatoms. The second-order valence-electron chi connectivity index (χ2n) is 7.60. The van der Waals surface area contributed by atoms with Crippen molar-refractivity contribution in [2.24, 2.45) is 0 Å². The Labute approximate surface area is 176 Å². The molecule has 1 saturated heterocycles. The lowest BCUT2D eigenvalue weighted by Gasteiger charge is -2.31. The van der Waals surface area contributed by atoms with Gasteiger partial charge in [-0.1, -0.05) is 11.3 Å². The van der Waals surface area contributed by atoms with E-state index in [2.05, 4.69) is 43.5 Å². The molecular weight excluding hydrogens is 398 g/mol. The van der Waals surface area contributed by atoms with Gasteiger partial charge in [-0.3, -0.25) is 10.1 Å². The van der Waals surface area contributed by atoms with Crippen molar-refractivity contribution in [2.75, 3.05) is 25.0 Å². The van der Waals surface area contributed by atoms with Crippen LogP contribution in [0, 0.1) is 0 Å². The summed E-state index contributed by atoms with van der Waals surface area (Å²) in [4.78, 5) is 24.2. The molecule has 1 aliphatic heterocycles. The predicted molar refractivity (Wildman–Crippen MR) is 119 cm³/mol. The van der Waals surface area contributed by atoms with E-state index in [1.807, 2.05) is 18.6 Å². The molecule has 1 aliphatic rings. The summed E-state index contributed by atoms with van der Waals surface area (Å²) in [7, 11) is 2.13. The number of piperidine rings is 1. The molecule has 1 fully saturated rings. The number of thiazole rings is 1. The van der Waals surface area contributed by atoms with Gasteiger partial charge in [0.15, 0.2) is 21.4 Å². The third-order valence-corrected chi connectivity index (χ3v) is 6.88. The van der Waals surface area contributed by atoms with E-state index in [0.717, 1.165) is 75.1 Å². The summed E-state index contributed by atoms with van der Waals surface area (Å²) < 4.78 is 0. The van der Waals surface area contributed by atoms with E-state index < -0.39 is 0 Å². The van der Waals surface area contributed by atoms with Crippen LogP contribution in [0.3, 0.4) is 0 Å². The molecule has 9 nitrogen and oxygen atoms in total. The molecule has 6 rings (SSSR count). The number of hydrogen-bond acceptors (Lipinski definition) is 7. The fourth-order valence-electron chi connectivity index (χ4n) is 4.17. The Morgan fingerprint density at radius 3 is 2.87 bits per heavy atom. The first kappa shape index (κ1) is 17.6. The van der Waals surface area contributed by atoms with Gasteiger partial charge in [-0.2, -0.15) is 5.10 Å². The minimum Gasteiger partial charge on any atom is -0.359 e. The second-order valence-corrected chi connectivity index (χ2v) is 8.56. The molecule has 152 valence electrons. The summed E-state index contributed by atoms with van der Waals surface area (Å²) in [5, 5.41) is 12.4. The topological polar surface area (TPSA) is 114 Å². The SMILES string of the molecule is CN(c1nc2[nH]c(-c3ncc(-c4cn[nH]c4)c4cc[nH]c34)nc2s1)C1CCNCC1. The van der Waals surface area contributed by atoms with E-state index in [0.29, 0.717) is 6.04 Å². The lowest BCUT2D eigenvalue weighted by atomic mass is 10.1. The van der Waals surface area contributed by atoms with Crippen molar-refractivity contribution in [3.05, 3.63) is 30.9 Å². The molecule has 4 N–H and O–H groups in total. The van der Waals surface area contributed by atoms with Gasteiger partial charge >= 0.3 is 0 Å². The summed E-state index contributed by atoms with van der Waals surface area (Å²) >= 11 is 1.62. The normalized spacial score (nSPS) is 15.4. The summed E-state index contributed by atoms with van der Waals surface area (Å²) in [6, 6.07) is 2.58. The Morgan fingerprint density at radius 2 is 2.07 bits per heavy atom. The number of nitrogens with one attached hydrogen (secondary N) is 4. The van der Waals surface area contributed by atoms with Crippen LogP contribution in [-0.4, -0.2) is 61.3 Å². The van der Waals surface area contributed by atoms with Crippen LogP contribution in [0.2, 0.25) is 0 Å². The molecular formula is C20H21N9S. The zero-order valence-electron chi connectivity index (χ0n) is 16.4. The van der Waals surface area contributed by atoms with Gasteiger partial charge in [-0.25, -0.2) is 9.97 Å². The number of imidazole rings is 1. The molecule has 0 saturated carbocycles. The maximum atomic E-state index is 4.82. The first-order valence-corrected chi connectivity index (χ1v) is 10.9. The van der Waals surface area contributed by atoms with Crippen molar-refractivity contribution >= 4 is 37.8 Å². The molecule has 0 aliphatic carbocycles. The lowest BCUT2D eigenvalue weighted by Crippen LogP contribution is -2.41. The van der Waals surface area contributed by atoms with E-state index >= 15 is 0 Å². The van der Waals surface area contributed by atoms with Crippen LogP contribution in [0.15, 0.2) is 30.9 Å². The number of aromatic amines is 3.